The zero-order valence-electron chi connectivity index (χ0n) is 13.4. The third kappa shape index (κ3) is 6.36. The molecule has 0 radical (unpaired) electrons. The second-order valence-electron chi connectivity index (χ2n) is 6.09. The molecule has 0 saturated carbocycles. The Morgan fingerprint density at radius 2 is 1.65 bits per heavy atom. The third-order valence-electron chi connectivity index (χ3n) is 4.17. The largest absolute Gasteiger partial charge is 0.299 e. The third-order valence-corrected chi connectivity index (χ3v) is 4.17. The summed E-state index contributed by atoms with van der Waals surface area (Å²) in [5.41, 5.74) is 1.27. The molecule has 20 heavy (non-hydrogen) atoms. The number of Topliss-reactive ketones (excluding diaryl/α,β-unsaturated/α-hetero) is 1. The van der Waals surface area contributed by atoms with Crippen LogP contribution < -0.4 is 0 Å². The summed E-state index contributed by atoms with van der Waals surface area (Å²) in [7, 11) is 0. The van der Waals surface area contributed by atoms with Crippen LogP contribution >= 0.6 is 0 Å². The fraction of sp³-hybridized carbons (Fsp3) is 0.632. The van der Waals surface area contributed by atoms with Gasteiger partial charge in [-0.2, -0.15) is 0 Å². The van der Waals surface area contributed by atoms with Gasteiger partial charge < -0.3 is 0 Å². The van der Waals surface area contributed by atoms with Gasteiger partial charge in [0.25, 0.3) is 0 Å². The standard InChI is InChI=1S/C19H30O/c1-4-5-6-7-9-12-16(2)19(20)15-17(3)18-13-10-8-11-14-18/h8,10-11,13-14,16-17H,4-7,9,12,15H2,1-3H3. The van der Waals surface area contributed by atoms with Crippen LogP contribution in [0.15, 0.2) is 30.3 Å². The molecule has 1 rings (SSSR count). The van der Waals surface area contributed by atoms with E-state index in [2.05, 4.69) is 32.9 Å². The lowest BCUT2D eigenvalue weighted by atomic mass is 9.89. The first-order valence-corrected chi connectivity index (χ1v) is 8.22. The first kappa shape index (κ1) is 16.9. The Balaban J connectivity index is 2.27. The van der Waals surface area contributed by atoms with Gasteiger partial charge in [0, 0.05) is 12.3 Å². The summed E-state index contributed by atoms with van der Waals surface area (Å²) in [4.78, 5) is 12.2. The summed E-state index contributed by atoms with van der Waals surface area (Å²) in [5, 5.41) is 0. The minimum atomic E-state index is 0.225. The molecular formula is C19H30O. The maximum absolute atomic E-state index is 12.2. The molecule has 0 spiro atoms. The van der Waals surface area contributed by atoms with Gasteiger partial charge in [-0.1, -0.05) is 83.2 Å². The van der Waals surface area contributed by atoms with Gasteiger partial charge in [-0.15, -0.1) is 0 Å². The molecule has 1 aromatic rings. The summed E-state index contributed by atoms with van der Waals surface area (Å²) in [5.74, 6) is 0.992. The van der Waals surface area contributed by atoms with Crippen LogP contribution in [0.2, 0.25) is 0 Å². The molecule has 2 atom stereocenters. The Bertz CT molecular complexity index is 369. The van der Waals surface area contributed by atoms with Crippen molar-refractivity contribution in [1.82, 2.24) is 0 Å². The number of ketones is 1. The van der Waals surface area contributed by atoms with Crippen LogP contribution in [0, 0.1) is 5.92 Å². The molecule has 0 aliphatic heterocycles. The van der Waals surface area contributed by atoms with E-state index in [-0.39, 0.29) is 5.92 Å². The van der Waals surface area contributed by atoms with E-state index < -0.39 is 0 Å². The molecule has 2 unspecified atom stereocenters. The lowest BCUT2D eigenvalue weighted by Crippen LogP contribution is -2.13. The number of rotatable bonds is 10. The molecule has 0 aromatic heterocycles. The summed E-state index contributed by atoms with van der Waals surface area (Å²) in [6, 6.07) is 10.4. The Morgan fingerprint density at radius 3 is 2.30 bits per heavy atom. The van der Waals surface area contributed by atoms with Crippen molar-refractivity contribution in [2.45, 2.75) is 71.6 Å². The van der Waals surface area contributed by atoms with Gasteiger partial charge in [-0.3, -0.25) is 4.79 Å². The fourth-order valence-corrected chi connectivity index (χ4v) is 2.62. The van der Waals surface area contributed by atoms with Crippen LogP contribution in [0.1, 0.15) is 77.2 Å². The summed E-state index contributed by atoms with van der Waals surface area (Å²) in [6.45, 7) is 6.48. The second kappa shape index (κ2) is 9.74. The van der Waals surface area contributed by atoms with E-state index in [1.165, 1.54) is 37.7 Å². The predicted octanol–water partition coefficient (Wildman–Crippen LogP) is 5.75. The van der Waals surface area contributed by atoms with Crippen molar-refractivity contribution in [3.8, 4) is 0 Å². The van der Waals surface area contributed by atoms with Crippen LogP contribution in [0.25, 0.3) is 0 Å². The zero-order chi connectivity index (χ0) is 14.8. The number of unbranched alkanes of at least 4 members (excludes halogenated alkanes) is 4. The van der Waals surface area contributed by atoms with Crippen molar-refractivity contribution in [2.75, 3.05) is 0 Å². The number of hydrogen-bond donors (Lipinski definition) is 0. The van der Waals surface area contributed by atoms with Crippen LogP contribution in [-0.4, -0.2) is 5.78 Å². The van der Waals surface area contributed by atoms with Crippen LogP contribution in [0.4, 0.5) is 0 Å². The van der Waals surface area contributed by atoms with E-state index in [0.29, 0.717) is 18.1 Å². The van der Waals surface area contributed by atoms with Gasteiger partial charge >= 0.3 is 0 Å². The van der Waals surface area contributed by atoms with Crippen LogP contribution in [-0.2, 0) is 4.79 Å². The smallest absolute Gasteiger partial charge is 0.136 e. The highest BCUT2D eigenvalue weighted by Gasteiger charge is 2.16. The minimum absolute atomic E-state index is 0.225. The van der Waals surface area contributed by atoms with Gasteiger partial charge in [-0.25, -0.2) is 0 Å². The van der Waals surface area contributed by atoms with Gasteiger partial charge in [0.1, 0.15) is 5.78 Å². The Hall–Kier alpha value is -1.11. The second-order valence-corrected chi connectivity index (χ2v) is 6.09. The zero-order valence-corrected chi connectivity index (χ0v) is 13.4. The van der Waals surface area contributed by atoms with E-state index in [1.54, 1.807) is 0 Å². The van der Waals surface area contributed by atoms with Crippen molar-refractivity contribution < 1.29 is 4.79 Å². The SMILES string of the molecule is CCCCCCCC(C)C(=O)CC(C)c1ccccc1. The topological polar surface area (TPSA) is 17.1 Å². The molecule has 0 fully saturated rings. The average molecular weight is 274 g/mol. The van der Waals surface area contributed by atoms with E-state index in [1.807, 2.05) is 18.2 Å². The molecule has 0 aliphatic carbocycles. The van der Waals surface area contributed by atoms with Gasteiger partial charge in [0.05, 0.1) is 0 Å². The van der Waals surface area contributed by atoms with E-state index in [4.69, 9.17) is 0 Å². The maximum Gasteiger partial charge on any atom is 0.136 e. The van der Waals surface area contributed by atoms with Crippen molar-refractivity contribution in [3.05, 3.63) is 35.9 Å². The molecule has 112 valence electrons. The predicted molar refractivity (Wildman–Crippen MR) is 87.0 cm³/mol. The number of benzene rings is 1. The van der Waals surface area contributed by atoms with Crippen molar-refractivity contribution in [3.63, 3.8) is 0 Å². The van der Waals surface area contributed by atoms with Gasteiger partial charge in [0.2, 0.25) is 0 Å². The lowest BCUT2D eigenvalue weighted by molar-refractivity contribution is -0.122. The van der Waals surface area contributed by atoms with Crippen molar-refractivity contribution in [1.29, 1.82) is 0 Å². The molecule has 0 heterocycles. The highest BCUT2D eigenvalue weighted by molar-refractivity contribution is 5.81. The lowest BCUT2D eigenvalue weighted by Gasteiger charge is -2.15. The normalized spacial score (nSPS) is 13.9. The monoisotopic (exact) mass is 274 g/mol. The molecule has 0 aliphatic rings. The molecular weight excluding hydrogens is 244 g/mol. The molecule has 1 aromatic carbocycles. The van der Waals surface area contributed by atoms with Gasteiger partial charge in [-0.05, 0) is 17.9 Å². The molecule has 0 amide bonds. The summed E-state index contributed by atoms with van der Waals surface area (Å²) in [6.07, 6.45) is 8.14. The Labute approximate surface area is 124 Å². The minimum Gasteiger partial charge on any atom is -0.299 e. The average Bonchev–Trinajstić information content (AvgIpc) is 2.47. The maximum atomic E-state index is 12.2. The first-order chi connectivity index (χ1) is 9.65. The number of hydrogen-bond acceptors (Lipinski definition) is 1. The van der Waals surface area contributed by atoms with E-state index in [9.17, 15) is 4.79 Å². The Morgan fingerprint density at radius 1 is 1.00 bits per heavy atom. The number of carbonyl (C=O) groups excluding carboxylic acids is 1. The molecule has 0 bridgehead atoms. The van der Waals surface area contributed by atoms with Crippen LogP contribution in [0.5, 0.6) is 0 Å². The van der Waals surface area contributed by atoms with Crippen LogP contribution in [0.3, 0.4) is 0 Å². The summed E-state index contributed by atoms with van der Waals surface area (Å²) >= 11 is 0. The highest BCUT2D eigenvalue weighted by atomic mass is 16.1. The first-order valence-electron chi connectivity index (χ1n) is 8.22. The fourth-order valence-electron chi connectivity index (χ4n) is 2.62. The van der Waals surface area contributed by atoms with Crippen molar-refractivity contribution in [2.24, 2.45) is 5.92 Å². The van der Waals surface area contributed by atoms with E-state index in [0.717, 1.165) is 6.42 Å². The highest BCUT2D eigenvalue weighted by Crippen LogP contribution is 2.22. The quantitative estimate of drug-likeness (QED) is 0.497. The molecule has 0 saturated heterocycles. The molecule has 1 nitrogen and oxygen atoms in total. The Kier molecular flexibility index (Phi) is 8.25. The molecule has 1 heteroatoms. The molecule has 0 N–H and O–H groups in total. The van der Waals surface area contributed by atoms with Crippen molar-refractivity contribution >= 4 is 5.78 Å². The van der Waals surface area contributed by atoms with Gasteiger partial charge in [0.15, 0.2) is 0 Å². The van der Waals surface area contributed by atoms with E-state index >= 15 is 0 Å². The summed E-state index contributed by atoms with van der Waals surface area (Å²) < 4.78 is 0. The number of carbonyl (C=O) groups is 1.